The van der Waals surface area contributed by atoms with Gasteiger partial charge in [0.25, 0.3) is 0 Å². The van der Waals surface area contributed by atoms with Crippen molar-refractivity contribution in [3.8, 4) is 0 Å². The summed E-state index contributed by atoms with van der Waals surface area (Å²) in [7, 11) is 0. The van der Waals surface area contributed by atoms with Crippen LogP contribution in [-0.4, -0.2) is 47.6 Å². The molecule has 0 spiro atoms. The maximum absolute atomic E-state index is 12.5. The highest BCUT2D eigenvalue weighted by Crippen LogP contribution is 2.37. The van der Waals surface area contributed by atoms with Crippen LogP contribution in [0.25, 0.3) is 0 Å². The number of nitrogens with zero attached hydrogens (tertiary/aromatic N) is 1. The van der Waals surface area contributed by atoms with Crippen LogP contribution in [0.3, 0.4) is 0 Å². The van der Waals surface area contributed by atoms with Crippen molar-refractivity contribution >= 4 is 11.9 Å². The Kier molecular flexibility index (Phi) is 3.71. The van der Waals surface area contributed by atoms with Crippen LogP contribution in [0, 0.1) is 23.7 Å². The molecule has 2 bridgehead atoms. The van der Waals surface area contributed by atoms with Crippen molar-refractivity contribution in [1.82, 2.24) is 10.2 Å². The van der Waals surface area contributed by atoms with Crippen LogP contribution in [0.15, 0.2) is 0 Å². The number of carboxylic acid groups (broad SMARTS) is 1. The molecule has 0 radical (unpaired) electrons. The molecule has 4 aliphatic rings. The molecule has 2 N–H and O–H groups in total. The lowest BCUT2D eigenvalue weighted by molar-refractivity contribution is -0.146. The van der Waals surface area contributed by atoms with Crippen molar-refractivity contribution in [2.75, 3.05) is 19.6 Å². The summed E-state index contributed by atoms with van der Waals surface area (Å²) in [6.07, 6.45) is 3.67. The van der Waals surface area contributed by atoms with E-state index in [9.17, 15) is 14.7 Å². The Morgan fingerprint density at radius 2 is 1.80 bits per heavy atom. The van der Waals surface area contributed by atoms with Crippen LogP contribution in [0.1, 0.15) is 32.6 Å². The second-order valence-corrected chi connectivity index (χ2v) is 6.88. The average molecular weight is 280 g/mol. The van der Waals surface area contributed by atoms with Crippen LogP contribution in [-0.2, 0) is 9.59 Å². The molecule has 20 heavy (non-hydrogen) atoms. The number of hydrogen-bond donors (Lipinski definition) is 2. The summed E-state index contributed by atoms with van der Waals surface area (Å²) >= 11 is 0. The van der Waals surface area contributed by atoms with Crippen molar-refractivity contribution in [3.63, 3.8) is 0 Å². The minimum absolute atomic E-state index is 0.0273. The van der Waals surface area contributed by atoms with Gasteiger partial charge < -0.3 is 15.3 Å². The first-order chi connectivity index (χ1) is 9.54. The molecule has 5 heteroatoms. The van der Waals surface area contributed by atoms with E-state index in [1.54, 1.807) is 0 Å². The van der Waals surface area contributed by atoms with Crippen LogP contribution in [0.5, 0.6) is 0 Å². The number of hydrogen-bond acceptors (Lipinski definition) is 3. The highest BCUT2D eigenvalue weighted by molar-refractivity contribution is 5.85. The molecule has 1 aliphatic carbocycles. The smallest absolute Gasteiger partial charge is 0.307 e. The summed E-state index contributed by atoms with van der Waals surface area (Å²) in [4.78, 5) is 26.2. The molecule has 3 heterocycles. The molecule has 4 atom stereocenters. The summed E-state index contributed by atoms with van der Waals surface area (Å²) in [6.45, 7) is 5.28. The van der Waals surface area contributed by atoms with E-state index >= 15 is 0 Å². The Labute approximate surface area is 119 Å². The Hall–Kier alpha value is -1.10. The van der Waals surface area contributed by atoms with Gasteiger partial charge in [0, 0.05) is 12.6 Å². The number of aliphatic carboxylic acids is 1. The molecule has 3 aliphatic heterocycles. The molecule has 5 nitrogen and oxygen atoms in total. The van der Waals surface area contributed by atoms with E-state index < -0.39 is 11.9 Å². The third kappa shape index (κ3) is 2.55. The molecule has 112 valence electrons. The van der Waals surface area contributed by atoms with Gasteiger partial charge in [0.15, 0.2) is 0 Å². The highest BCUT2D eigenvalue weighted by Gasteiger charge is 2.43. The average Bonchev–Trinajstić information content (AvgIpc) is 2.82. The van der Waals surface area contributed by atoms with Crippen LogP contribution < -0.4 is 5.32 Å². The first kappa shape index (κ1) is 13.9. The third-order valence-electron chi connectivity index (χ3n) is 5.44. The van der Waals surface area contributed by atoms with Crippen molar-refractivity contribution < 1.29 is 14.7 Å². The first-order valence-electron chi connectivity index (χ1n) is 7.80. The van der Waals surface area contributed by atoms with Gasteiger partial charge in [0.1, 0.15) is 0 Å². The monoisotopic (exact) mass is 280 g/mol. The summed E-state index contributed by atoms with van der Waals surface area (Å²) in [5, 5.41) is 12.4. The largest absolute Gasteiger partial charge is 0.481 e. The first-order valence-corrected chi connectivity index (χ1v) is 7.80. The van der Waals surface area contributed by atoms with E-state index in [1.165, 1.54) is 0 Å². The lowest BCUT2D eigenvalue weighted by atomic mass is 9.83. The number of piperidine rings is 3. The molecule has 0 aromatic heterocycles. The Bertz CT molecular complexity index is 404. The Balaban J connectivity index is 1.62. The van der Waals surface area contributed by atoms with Crippen molar-refractivity contribution in [1.29, 1.82) is 0 Å². The molecule has 1 saturated carbocycles. The van der Waals surface area contributed by atoms with Crippen LogP contribution in [0.2, 0.25) is 0 Å². The fourth-order valence-corrected chi connectivity index (χ4v) is 4.27. The van der Waals surface area contributed by atoms with E-state index in [0.29, 0.717) is 24.7 Å². The number of carbonyl (C=O) groups excluding carboxylic acids is 1. The Morgan fingerprint density at radius 1 is 1.15 bits per heavy atom. The van der Waals surface area contributed by atoms with Crippen LogP contribution in [0.4, 0.5) is 0 Å². The quantitative estimate of drug-likeness (QED) is 0.807. The normalized spacial score (nSPS) is 43.5. The maximum atomic E-state index is 12.5. The number of carboxylic acids is 1. The standard InChI is InChI=1S/C15H24N2O3/c1-9-6-11(12(7-9)15(19)20)14(18)16-13-8-17-4-2-10(13)3-5-17/h9-13H,2-8H2,1H3,(H,16,18)(H,19,20)/t9?,11-,12+,13?/m0/s1. The zero-order chi connectivity index (χ0) is 14.3. The second kappa shape index (κ2) is 5.35. The van der Waals surface area contributed by atoms with Gasteiger partial charge in [-0.1, -0.05) is 6.92 Å². The molecule has 0 aromatic carbocycles. The van der Waals surface area contributed by atoms with Crippen molar-refractivity contribution in [3.05, 3.63) is 0 Å². The van der Waals surface area contributed by atoms with Gasteiger partial charge in [-0.2, -0.15) is 0 Å². The minimum Gasteiger partial charge on any atom is -0.481 e. The second-order valence-electron chi connectivity index (χ2n) is 6.88. The van der Waals surface area contributed by atoms with Gasteiger partial charge >= 0.3 is 5.97 Å². The maximum Gasteiger partial charge on any atom is 0.307 e. The van der Waals surface area contributed by atoms with Gasteiger partial charge in [-0.05, 0) is 50.6 Å². The van der Waals surface area contributed by atoms with Gasteiger partial charge in [-0.15, -0.1) is 0 Å². The number of carbonyl (C=O) groups is 2. The highest BCUT2D eigenvalue weighted by atomic mass is 16.4. The van der Waals surface area contributed by atoms with Gasteiger partial charge in [0.2, 0.25) is 5.91 Å². The number of nitrogens with one attached hydrogen (secondary N) is 1. The topological polar surface area (TPSA) is 69.6 Å². The fraction of sp³-hybridized carbons (Fsp3) is 0.867. The molecule has 3 saturated heterocycles. The molecule has 2 unspecified atom stereocenters. The number of fused-ring (bicyclic) bond motifs is 3. The zero-order valence-corrected chi connectivity index (χ0v) is 12.0. The molecule has 4 fully saturated rings. The molecule has 1 amide bonds. The summed E-state index contributed by atoms with van der Waals surface area (Å²) in [5.74, 6) is -0.752. The van der Waals surface area contributed by atoms with Gasteiger partial charge in [-0.3, -0.25) is 9.59 Å². The SMILES string of the molecule is CC1C[C@H](C(=O)NC2CN3CCC2CC3)[C@H](C(=O)O)C1. The van der Waals surface area contributed by atoms with Crippen molar-refractivity contribution in [2.24, 2.45) is 23.7 Å². The van der Waals surface area contributed by atoms with E-state index in [1.807, 2.05) is 6.92 Å². The van der Waals surface area contributed by atoms with E-state index in [4.69, 9.17) is 0 Å². The fourth-order valence-electron chi connectivity index (χ4n) is 4.27. The predicted molar refractivity (Wildman–Crippen MR) is 74.1 cm³/mol. The lowest BCUT2D eigenvalue weighted by Gasteiger charge is -2.45. The lowest BCUT2D eigenvalue weighted by Crippen LogP contribution is -2.58. The number of amides is 1. The van der Waals surface area contributed by atoms with E-state index in [0.717, 1.165) is 32.5 Å². The summed E-state index contributed by atoms with van der Waals surface area (Å²) < 4.78 is 0. The summed E-state index contributed by atoms with van der Waals surface area (Å²) in [6, 6.07) is 0.232. The predicted octanol–water partition coefficient (Wildman–Crippen LogP) is 0.944. The third-order valence-corrected chi connectivity index (χ3v) is 5.44. The zero-order valence-electron chi connectivity index (χ0n) is 12.0. The molecular formula is C15H24N2O3. The summed E-state index contributed by atoms with van der Waals surface area (Å²) in [5.41, 5.74) is 0. The van der Waals surface area contributed by atoms with Gasteiger partial charge in [-0.25, -0.2) is 0 Å². The van der Waals surface area contributed by atoms with Gasteiger partial charge in [0.05, 0.1) is 11.8 Å². The molecule has 4 rings (SSSR count). The molecular weight excluding hydrogens is 256 g/mol. The van der Waals surface area contributed by atoms with E-state index in [2.05, 4.69) is 10.2 Å². The minimum atomic E-state index is -0.816. The van der Waals surface area contributed by atoms with E-state index in [-0.39, 0.29) is 17.9 Å². The molecule has 0 aromatic rings. The Morgan fingerprint density at radius 3 is 2.35 bits per heavy atom. The van der Waals surface area contributed by atoms with Crippen LogP contribution >= 0.6 is 0 Å². The number of rotatable bonds is 3. The van der Waals surface area contributed by atoms with Crippen molar-refractivity contribution in [2.45, 2.75) is 38.6 Å².